The highest BCUT2D eigenvalue weighted by atomic mass is 16.1. The molecular formula is C17H15N5O. The summed E-state index contributed by atoms with van der Waals surface area (Å²) in [6, 6.07) is 14.9. The average molecular weight is 305 g/mol. The number of carbonyl (C=O) groups is 1. The van der Waals surface area contributed by atoms with Gasteiger partial charge in [0.05, 0.1) is 0 Å². The third kappa shape index (κ3) is 4.10. The maximum atomic E-state index is 12.2. The molecule has 0 aliphatic heterocycles. The molecule has 0 unspecified atom stereocenters. The fraction of sp³-hybridized carbons (Fsp3) is 0.0588. The van der Waals surface area contributed by atoms with Gasteiger partial charge in [0, 0.05) is 30.8 Å². The molecule has 3 aromatic rings. The van der Waals surface area contributed by atoms with Gasteiger partial charge in [0.1, 0.15) is 5.69 Å². The summed E-state index contributed by atoms with van der Waals surface area (Å²) in [7, 11) is 0. The second-order valence-electron chi connectivity index (χ2n) is 4.80. The number of amides is 1. The van der Waals surface area contributed by atoms with Crippen molar-refractivity contribution < 1.29 is 4.79 Å². The van der Waals surface area contributed by atoms with Crippen molar-refractivity contribution in [1.29, 1.82) is 0 Å². The van der Waals surface area contributed by atoms with Crippen LogP contribution in [-0.4, -0.2) is 20.9 Å². The van der Waals surface area contributed by atoms with Gasteiger partial charge in [0.2, 0.25) is 5.95 Å². The van der Waals surface area contributed by atoms with Crippen molar-refractivity contribution in [3.05, 3.63) is 78.4 Å². The number of para-hydroxylation sites is 1. The summed E-state index contributed by atoms with van der Waals surface area (Å²) in [6.07, 6.45) is 4.96. The molecule has 2 N–H and O–H groups in total. The second kappa shape index (κ2) is 7.13. The van der Waals surface area contributed by atoms with Gasteiger partial charge in [0.25, 0.3) is 5.91 Å². The van der Waals surface area contributed by atoms with E-state index in [0.717, 1.165) is 11.3 Å². The summed E-state index contributed by atoms with van der Waals surface area (Å²) in [5.74, 6) is 0.123. The van der Waals surface area contributed by atoms with E-state index in [-0.39, 0.29) is 5.91 Å². The minimum atomic E-state index is -0.257. The van der Waals surface area contributed by atoms with Crippen molar-refractivity contribution >= 4 is 17.5 Å². The van der Waals surface area contributed by atoms with Crippen LogP contribution < -0.4 is 10.6 Å². The minimum absolute atomic E-state index is 0.257. The van der Waals surface area contributed by atoms with Gasteiger partial charge in [-0.2, -0.15) is 0 Å². The van der Waals surface area contributed by atoms with E-state index in [1.807, 2.05) is 42.5 Å². The van der Waals surface area contributed by atoms with Gasteiger partial charge in [0.15, 0.2) is 0 Å². The molecule has 1 amide bonds. The first kappa shape index (κ1) is 14.6. The molecule has 6 heteroatoms. The lowest BCUT2D eigenvalue weighted by Crippen LogP contribution is -2.24. The molecule has 6 nitrogen and oxygen atoms in total. The largest absolute Gasteiger partial charge is 0.347 e. The van der Waals surface area contributed by atoms with Crippen LogP contribution in [0.15, 0.2) is 67.1 Å². The molecule has 3 rings (SSSR count). The number of nitrogens with zero attached hydrogens (tertiary/aromatic N) is 3. The molecule has 2 aromatic heterocycles. The molecule has 0 bridgehead atoms. The summed E-state index contributed by atoms with van der Waals surface area (Å²) < 4.78 is 0. The van der Waals surface area contributed by atoms with Crippen molar-refractivity contribution in [3.8, 4) is 0 Å². The monoisotopic (exact) mass is 305 g/mol. The summed E-state index contributed by atoms with van der Waals surface area (Å²) in [5.41, 5.74) is 2.10. The zero-order valence-corrected chi connectivity index (χ0v) is 12.3. The molecule has 1 aromatic carbocycles. The van der Waals surface area contributed by atoms with E-state index in [2.05, 4.69) is 25.6 Å². The zero-order valence-electron chi connectivity index (χ0n) is 12.3. The van der Waals surface area contributed by atoms with E-state index >= 15 is 0 Å². The van der Waals surface area contributed by atoms with Crippen molar-refractivity contribution in [2.24, 2.45) is 0 Å². The van der Waals surface area contributed by atoms with Gasteiger partial charge in [-0.1, -0.05) is 24.3 Å². The molecule has 0 saturated carbocycles. The third-order valence-corrected chi connectivity index (χ3v) is 3.09. The Morgan fingerprint density at radius 2 is 1.87 bits per heavy atom. The van der Waals surface area contributed by atoms with Crippen LogP contribution in [0.3, 0.4) is 0 Å². The van der Waals surface area contributed by atoms with Gasteiger partial charge in [-0.15, -0.1) is 0 Å². The number of anilines is 2. The van der Waals surface area contributed by atoms with E-state index in [9.17, 15) is 4.79 Å². The number of pyridine rings is 1. The van der Waals surface area contributed by atoms with E-state index in [1.165, 1.54) is 0 Å². The second-order valence-corrected chi connectivity index (χ2v) is 4.80. The minimum Gasteiger partial charge on any atom is -0.347 e. The topological polar surface area (TPSA) is 79.8 Å². The number of rotatable bonds is 5. The molecule has 0 radical (unpaired) electrons. The molecule has 114 valence electrons. The fourth-order valence-electron chi connectivity index (χ4n) is 1.97. The van der Waals surface area contributed by atoms with Crippen LogP contribution in [0.1, 0.15) is 16.1 Å². The standard InChI is InChI=1S/C17H15N5O/c23-16(20-12-13-5-4-9-18-11-13)15-8-10-19-17(22-15)21-14-6-2-1-3-7-14/h1-11H,12H2,(H,20,23)(H,19,21,22). The maximum Gasteiger partial charge on any atom is 0.270 e. The summed E-state index contributed by atoms with van der Waals surface area (Å²) in [4.78, 5) is 24.5. The Labute approximate surface area is 133 Å². The molecule has 0 atom stereocenters. The predicted octanol–water partition coefficient (Wildman–Crippen LogP) is 2.55. The van der Waals surface area contributed by atoms with Crippen LogP contribution in [0.25, 0.3) is 0 Å². The average Bonchev–Trinajstić information content (AvgIpc) is 2.62. The van der Waals surface area contributed by atoms with Crippen LogP contribution in [0.5, 0.6) is 0 Å². The van der Waals surface area contributed by atoms with Crippen LogP contribution >= 0.6 is 0 Å². The Hall–Kier alpha value is -3.28. The van der Waals surface area contributed by atoms with Crippen molar-refractivity contribution in [2.45, 2.75) is 6.54 Å². The molecule has 0 fully saturated rings. The zero-order chi connectivity index (χ0) is 15.9. The normalized spacial score (nSPS) is 10.1. The first-order chi connectivity index (χ1) is 11.3. The van der Waals surface area contributed by atoms with E-state index in [1.54, 1.807) is 24.7 Å². The van der Waals surface area contributed by atoms with Crippen LogP contribution in [0.4, 0.5) is 11.6 Å². The molecule has 2 heterocycles. The van der Waals surface area contributed by atoms with Gasteiger partial charge >= 0.3 is 0 Å². The number of hydrogen-bond donors (Lipinski definition) is 2. The Morgan fingerprint density at radius 1 is 1.00 bits per heavy atom. The Morgan fingerprint density at radius 3 is 2.65 bits per heavy atom. The predicted molar refractivity (Wildman–Crippen MR) is 87.2 cm³/mol. The van der Waals surface area contributed by atoms with E-state index in [0.29, 0.717) is 18.2 Å². The number of nitrogens with one attached hydrogen (secondary N) is 2. The summed E-state index contributed by atoms with van der Waals surface area (Å²) in [5, 5.41) is 5.87. The highest BCUT2D eigenvalue weighted by Gasteiger charge is 2.08. The van der Waals surface area contributed by atoms with Gasteiger partial charge in [-0.3, -0.25) is 9.78 Å². The molecule has 0 aliphatic carbocycles. The highest BCUT2D eigenvalue weighted by molar-refractivity contribution is 5.92. The summed E-state index contributed by atoms with van der Waals surface area (Å²) in [6.45, 7) is 0.401. The van der Waals surface area contributed by atoms with Crippen LogP contribution in [0, 0.1) is 0 Å². The molecule has 0 saturated heterocycles. The quantitative estimate of drug-likeness (QED) is 0.757. The smallest absolute Gasteiger partial charge is 0.270 e. The Balaban J connectivity index is 1.65. The summed E-state index contributed by atoms with van der Waals surface area (Å²) >= 11 is 0. The van der Waals surface area contributed by atoms with Crippen molar-refractivity contribution in [1.82, 2.24) is 20.3 Å². The molecule has 23 heavy (non-hydrogen) atoms. The van der Waals surface area contributed by atoms with Crippen LogP contribution in [-0.2, 0) is 6.54 Å². The lowest BCUT2D eigenvalue weighted by molar-refractivity contribution is 0.0946. The van der Waals surface area contributed by atoms with Crippen molar-refractivity contribution in [3.63, 3.8) is 0 Å². The Kier molecular flexibility index (Phi) is 4.54. The van der Waals surface area contributed by atoms with Gasteiger partial charge in [-0.25, -0.2) is 9.97 Å². The number of hydrogen-bond acceptors (Lipinski definition) is 5. The molecule has 0 aliphatic rings. The lowest BCUT2D eigenvalue weighted by Gasteiger charge is -2.07. The molecule has 0 spiro atoms. The number of benzene rings is 1. The van der Waals surface area contributed by atoms with E-state index in [4.69, 9.17) is 0 Å². The van der Waals surface area contributed by atoms with Gasteiger partial charge in [-0.05, 0) is 29.8 Å². The molecular weight excluding hydrogens is 290 g/mol. The first-order valence-corrected chi connectivity index (χ1v) is 7.13. The maximum absolute atomic E-state index is 12.2. The fourth-order valence-corrected chi connectivity index (χ4v) is 1.97. The first-order valence-electron chi connectivity index (χ1n) is 7.13. The van der Waals surface area contributed by atoms with Crippen LogP contribution in [0.2, 0.25) is 0 Å². The highest BCUT2D eigenvalue weighted by Crippen LogP contribution is 2.11. The van der Waals surface area contributed by atoms with Gasteiger partial charge < -0.3 is 10.6 Å². The SMILES string of the molecule is O=C(NCc1cccnc1)c1ccnc(Nc2ccccc2)n1. The lowest BCUT2D eigenvalue weighted by atomic mass is 10.3. The number of aromatic nitrogens is 3. The van der Waals surface area contributed by atoms with E-state index < -0.39 is 0 Å². The van der Waals surface area contributed by atoms with Crippen molar-refractivity contribution in [2.75, 3.05) is 5.32 Å². The third-order valence-electron chi connectivity index (χ3n) is 3.09. The number of carbonyl (C=O) groups excluding carboxylic acids is 1. The Bertz CT molecular complexity index is 777.